The van der Waals surface area contributed by atoms with Crippen molar-refractivity contribution < 1.29 is 4.79 Å². The number of aldehydes is 1. The largest absolute Gasteiger partial charge is 0.303 e. The van der Waals surface area contributed by atoms with Gasteiger partial charge in [-0.1, -0.05) is 36.4 Å². The number of carbonyl (C=O) groups excluding carboxylic acids is 1. The number of nitrogens with zero attached hydrogens (tertiary/aromatic N) is 1. The van der Waals surface area contributed by atoms with Crippen molar-refractivity contribution >= 4 is 6.29 Å². The van der Waals surface area contributed by atoms with Gasteiger partial charge in [-0.15, -0.1) is 6.58 Å². The van der Waals surface area contributed by atoms with Gasteiger partial charge in [-0.3, -0.25) is 4.90 Å². The molecule has 0 unspecified atom stereocenters. The van der Waals surface area contributed by atoms with Gasteiger partial charge in [0.1, 0.15) is 6.29 Å². The van der Waals surface area contributed by atoms with Gasteiger partial charge in [0.05, 0.1) is 0 Å². The Morgan fingerprint density at radius 2 is 1.84 bits per heavy atom. The Bertz CT molecular complexity index is 353. The molecule has 1 heterocycles. The van der Waals surface area contributed by atoms with E-state index in [1.165, 1.54) is 18.4 Å². The lowest BCUT2D eigenvalue weighted by molar-refractivity contribution is -0.108. The van der Waals surface area contributed by atoms with Crippen LogP contribution in [0.4, 0.5) is 0 Å². The quantitative estimate of drug-likeness (QED) is 0.607. The van der Waals surface area contributed by atoms with Crippen molar-refractivity contribution in [2.75, 3.05) is 13.1 Å². The number of allylic oxidation sites excluding steroid dienone is 1. The summed E-state index contributed by atoms with van der Waals surface area (Å²) in [4.78, 5) is 12.9. The van der Waals surface area contributed by atoms with E-state index in [1.807, 2.05) is 6.92 Å². The summed E-state index contributed by atoms with van der Waals surface area (Å²) < 4.78 is 0. The predicted octanol–water partition coefficient (Wildman–Crippen LogP) is 3.68. The molecule has 0 spiro atoms. The van der Waals surface area contributed by atoms with Crippen LogP contribution in [-0.2, 0) is 11.3 Å². The van der Waals surface area contributed by atoms with E-state index in [0.717, 1.165) is 32.3 Å². The smallest absolute Gasteiger partial charge is 0.120 e. The van der Waals surface area contributed by atoms with E-state index in [1.54, 1.807) is 6.08 Å². The van der Waals surface area contributed by atoms with Crippen LogP contribution in [0, 0.1) is 5.92 Å². The van der Waals surface area contributed by atoms with Gasteiger partial charge in [-0.05, 0) is 44.3 Å². The lowest BCUT2D eigenvalue weighted by Gasteiger charge is -2.31. The first-order valence-corrected chi connectivity index (χ1v) is 7.07. The minimum atomic E-state index is 0.629. The van der Waals surface area contributed by atoms with E-state index in [0.29, 0.717) is 5.92 Å². The van der Waals surface area contributed by atoms with Gasteiger partial charge in [0.15, 0.2) is 0 Å². The molecule has 0 bridgehead atoms. The van der Waals surface area contributed by atoms with E-state index in [2.05, 4.69) is 41.8 Å². The van der Waals surface area contributed by atoms with Crippen LogP contribution < -0.4 is 0 Å². The summed E-state index contributed by atoms with van der Waals surface area (Å²) in [5, 5.41) is 0. The Hall–Kier alpha value is -1.41. The number of likely N-dealkylation sites (tertiary alicyclic amines) is 1. The molecule has 1 aromatic carbocycles. The van der Waals surface area contributed by atoms with Crippen LogP contribution in [0.3, 0.4) is 0 Å². The summed E-state index contributed by atoms with van der Waals surface area (Å²) >= 11 is 0. The monoisotopic (exact) mass is 259 g/mol. The van der Waals surface area contributed by atoms with Gasteiger partial charge < -0.3 is 4.79 Å². The van der Waals surface area contributed by atoms with E-state index in [4.69, 9.17) is 0 Å². The Morgan fingerprint density at radius 1 is 1.26 bits per heavy atom. The summed E-state index contributed by atoms with van der Waals surface area (Å²) in [6, 6.07) is 10.6. The number of piperidine rings is 1. The van der Waals surface area contributed by atoms with E-state index < -0.39 is 0 Å². The number of hydrogen-bond acceptors (Lipinski definition) is 2. The maximum absolute atomic E-state index is 10.4. The summed E-state index contributed by atoms with van der Waals surface area (Å²) in [7, 11) is 0. The molecule has 1 aliphatic rings. The zero-order valence-electron chi connectivity index (χ0n) is 11.9. The third-order valence-electron chi connectivity index (χ3n) is 3.39. The highest BCUT2D eigenvalue weighted by Gasteiger charge is 2.18. The molecule has 19 heavy (non-hydrogen) atoms. The molecule has 0 atom stereocenters. The van der Waals surface area contributed by atoms with Crippen molar-refractivity contribution in [2.45, 2.75) is 32.7 Å². The van der Waals surface area contributed by atoms with Crippen molar-refractivity contribution in [1.29, 1.82) is 0 Å². The second kappa shape index (κ2) is 9.51. The third-order valence-corrected chi connectivity index (χ3v) is 3.39. The molecule has 2 nitrogen and oxygen atoms in total. The third kappa shape index (κ3) is 6.35. The molecule has 1 aromatic rings. The average molecular weight is 259 g/mol. The van der Waals surface area contributed by atoms with Gasteiger partial charge in [0.2, 0.25) is 0 Å². The van der Waals surface area contributed by atoms with Crippen LogP contribution in [0.2, 0.25) is 0 Å². The second-order valence-corrected chi connectivity index (χ2v) is 5.02. The van der Waals surface area contributed by atoms with E-state index >= 15 is 0 Å². The Morgan fingerprint density at radius 3 is 2.37 bits per heavy atom. The number of carbonyl (C=O) groups is 1. The molecule has 0 amide bonds. The Balaban J connectivity index is 0.000000550. The first kappa shape index (κ1) is 15.6. The first-order chi connectivity index (χ1) is 9.30. The fourth-order valence-electron chi connectivity index (χ4n) is 2.36. The number of rotatable bonds is 4. The highest BCUT2D eigenvalue weighted by molar-refractivity contribution is 5.49. The van der Waals surface area contributed by atoms with Crippen LogP contribution >= 0.6 is 0 Å². The molecule has 0 saturated carbocycles. The molecule has 1 aliphatic heterocycles. The molecular formula is C17H25NO. The van der Waals surface area contributed by atoms with Crippen molar-refractivity contribution in [1.82, 2.24) is 4.90 Å². The Labute approximate surface area is 117 Å². The second-order valence-electron chi connectivity index (χ2n) is 5.02. The maximum atomic E-state index is 10.4. The van der Waals surface area contributed by atoms with Crippen molar-refractivity contribution in [2.24, 2.45) is 5.92 Å². The zero-order chi connectivity index (χ0) is 13.9. The zero-order valence-corrected chi connectivity index (χ0v) is 11.9. The molecular weight excluding hydrogens is 234 g/mol. The highest BCUT2D eigenvalue weighted by atomic mass is 16.1. The molecule has 1 saturated heterocycles. The van der Waals surface area contributed by atoms with Gasteiger partial charge in [0, 0.05) is 13.0 Å². The van der Waals surface area contributed by atoms with E-state index in [9.17, 15) is 4.79 Å². The van der Waals surface area contributed by atoms with Gasteiger partial charge in [0.25, 0.3) is 0 Å². The van der Waals surface area contributed by atoms with Crippen LogP contribution in [0.15, 0.2) is 43.0 Å². The van der Waals surface area contributed by atoms with Crippen molar-refractivity contribution in [3.05, 3.63) is 48.6 Å². The molecule has 2 rings (SSSR count). The molecule has 2 heteroatoms. The highest BCUT2D eigenvalue weighted by Crippen LogP contribution is 2.20. The van der Waals surface area contributed by atoms with E-state index in [-0.39, 0.29) is 0 Å². The van der Waals surface area contributed by atoms with Gasteiger partial charge in [-0.25, -0.2) is 0 Å². The number of hydrogen-bond donors (Lipinski definition) is 0. The topological polar surface area (TPSA) is 20.3 Å². The molecule has 0 N–H and O–H groups in total. The molecule has 0 aromatic heterocycles. The Kier molecular flexibility index (Phi) is 7.83. The maximum Gasteiger partial charge on any atom is 0.120 e. The summed E-state index contributed by atoms with van der Waals surface area (Å²) in [5.74, 6) is 0.629. The van der Waals surface area contributed by atoms with Crippen molar-refractivity contribution in [3.8, 4) is 0 Å². The van der Waals surface area contributed by atoms with Crippen LogP contribution in [0.5, 0.6) is 0 Å². The van der Waals surface area contributed by atoms with Crippen LogP contribution in [0.25, 0.3) is 0 Å². The summed E-state index contributed by atoms with van der Waals surface area (Å²) in [6.45, 7) is 8.56. The van der Waals surface area contributed by atoms with Crippen LogP contribution in [0.1, 0.15) is 31.7 Å². The summed E-state index contributed by atoms with van der Waals surface area (Å²) in [5.41, 5.74) is 1.39. The first-order valence-electron chi connectivity index (χ1n) is 7.07. The predicted molar refractivity (Wildman–Crippen MR) is 81.0 cm³/mol. The SMILES string of the molecule is C=CC.O=CCC1CCN(Cc2ccccc2)CC1. The average Bonchev–Trinajstić information content (AvgIpc) is 2.43. The number of benzene rings is 1. The lowest BCUT2D eigenvalue weighted by Crippen LogP contribution is -2.33. The molecule has 1 fully saturated rings. The molecule has 0 aliphatic carbocycles. The molecule has 0 radical (unpaired) electrons. The standard InChI is InChI=1S/C14H19NO.C3H6/c16-11-8-13-6-9-15(10-7-13)12-14-4-2-1-3-5-14;1-3-2/h1-5,11,13H,6-10,12H2;3H,1H2,2H3. The fraction of sp³-hybridized carbons (Fsp3) is 0.471. The van der Waals surface area contributed by atoms with Gasteiger partial charge in [-0.2, -0.15) is 0 Å². The van der Waals surface area contributed by atoms with Crippen LogP contribution in [-0.4, -0.2) is 24.3 Å². The minimum absolute atomic E-state index is 0.629. The minimum Gasteiger partial charge on any atom is -0.303 e. The lowest BCUT2D eigenvalue weighted by atomic mass is 9.94. The van der Waals surface area contributed by atoms with Crippen molar-refractivity contribution in [3.63, 3.8) is 0 Å². The normalized spacial score (nSPS) is 16.3. The fourth-order valence-corrected chi connectivity index (χ4v) is 2.36. The summed E-state index contributed by atoms with van der Waals surface area (Å²) in [6.07, 6.45) is 5.91. The molecule has 104 valence electrons. The van der Waals surface area contributed by atoms with Gasteiger partial charge >= 0.3 is 0 Å².